The Morgan fingerprint density at radius 3 is 2.38 bits per heavy atom. The molecule has 2 rings (SSSR count). The number of hydroxylamine groups is 2. The zero-order chi connectivity index (χ0) is 11.7. The highest BCUT2D eigenvalue weighted by Gasteiger charge is 2.23. The maximum Gasteiger partial charge on any atom is 0.277 e. The van der Waals surface area contributed by atoms with E-state index in [1.165, 1.54) is 0 Å². The van der Waals surface area contributed by atoms with Crippen LogP contribution in [0.25, 0.3) is 0 Å². The van der Waals surface area contributed by atoms with Gasteiger partial charge in [-0.2, -0.15) is 0 Å². The van der Waals surface area contributed by atoms with E-state index >= 15 is 0 Å². The van der Waals surface area contributed by atoms with Gasteiger partial charge in [0.2, 0.25) is 0 Å². The molecule has 0 aromatic heterocycles. The van der Waals surface area contributed by atoms with Crippen LogP contribution in [0.5, 0.6) is 0 Å². The second-order valence-corrected chi connectivity index (χ2v) is 3.35. The first-order valence-corrected chi connectivity index (χ1v) is 4.69. The van der Waals surface area contributed by atoms with Crippen LogP contribution in [-0.2, 0) is 4.84 Å². The third-order valence-corrected chi connectivity index (χ3v) is 2.21. The molecular weight excluding hydrogens is 223 g/mol. The lowest BCUT2D eigenvalue weighted by atomic mass is 10.2. The molecule has 16 heavy (non-hydrogen) atoms. The van der Waals surface area contributed by atoms with Crippen molar-refractivity contribution in [2.24, 2.45) is 0 Å². The van der Waals surface area contributed by atoms with Crippen molar-refractivity contribution in [3.05, 3.63) is 35.1 Å². The fourth-order valence-electron chi connectivity index (χ4n) is 1.43. The van der Waals surface area contributed by atoms with Crippen LogP contribution >= 0.6 is 0 Å². The first-order valence-electron chi connectivity index (χ1n) is 4.69. The predicted octanol–water partition coefficient (Wildman–Crippen LogP) is 1.88. The monoisotopic (exact) mass is 231 g/mol. The summed E-state index contributed by atoms with van der Waals surface area (Å²) in [6.45, 7) is 0.747. The van der Waals surface area contributed by atoms with E-state index in [9.17, 15) is 18.0 Å². The molecule has 1 saturated heterocycles. The summed E-state index contributed by atoms with van der Waals surface area (Å²) in [6, 6.07) is 1.31. The van der Waals surface area contributed by atoms with E-state index in [-0.39, 0.29) is 5.56 Å². The van der Waals surface area contributed by atoms with Crippen LogP contribution in [0.4, 0.5) is 13.2 Å². The van der Waals surface area contributed by atoms with E-state index < -0.39 is 23.4 Å². The van der Waals surface area contributed by atoms with E-state index in [1.807, 2.05) is 0 Å². The van der Waals surface area contributed by atoms with Gasteiger partial charge in [0.25, 0.3) is 5.91 Å². The molecule has 86 valence electrons. The van der Waals surface area contributed by atoms with Crippen LogP contribution in [0, 0.1) is 17.5 Å². The minimum absolute atomic E-state index is 0.265. The average Bonchev–Trinajstić information content (AvgIpc) is 2.77. The molecule has 1 aromatic rings. The zero-order valence-electron chi connectivity index (χ0n) is 8.17. The number of hydrogen-bond donors (Lipinski definition) is 0. The molecular formula is C10H8F3NO2. The van der Waals surface area contributed by atoms with Gasteiger partial charge in [0.05, 0.1) is 13.2 Å². The topological polar surface area (TPSA) is 29.5 Å². The van der Waals surface area contributed by atoms with Crippen molar-refractivity contribution < 1.29 is 22.8 Å². The normalized spacial score (nSPS) is 15.6. The van der Waals surface area contributed by atoms with Gasteiger partial charge in [-0.05, 0) is 18.6 Å². The minimum Gasteiger partial charge on any atom is -0.271 e. The number of halogens is 3. The highest BCUT2D eigenvalue weighted by atomic mass is 19.2. The van der Waals surface area contributed by atoms with Gasteiger partial charge in [-0.15, -0.1) is 0 Å². The molecule has 0 saturated carbocycles. The van der Waals surface area contributed by atoms with E-state index in [0.29, 0.717) is 31.7 Å². The van der Waals surface area contributed by atoms with Crippen LogP contribution in [0.3, 0.4) is 0 Å². The Morgan fingerprint density at radius 2 is 1.88 bits per heavy atom. The van der Waals surface area contributed by atoms with Crippen molar-refractivity contribution in [1.82, 2.24) is 5.06 Å². The fraction of sp³-hybridized carbons (Fsp3) is 0.300. The summed E-state index contributed by atoms with van der Waals surface area (Å²) >= 11 is 0. The van der Waals surface area contributed by atoms with Gasteiger partial charge in [0, 0.05) is 5.56 Å². The molecule has 0 N–H and O–H groups in total. The molecule has 0 atom stereocenters. The lowest BCUT2D eigenvalue weighted by Crippen LogP contribution is -2.26. The van der Waals surface area contributed by atoms with Gasteiger partial charge < -0.3 is 0 Å². The van der Waals surface area contributed by atoms with Crippen LogP contribution < -0.4 is 0 Å². The number of amides is 1. The number of hydrogen-bond acceptors (Lipinski definition) is 2. The lowest BCUT2D eigenvalue weighted by Gasteiger charge is -2.13. The number of nitrogens with zero attached hydrogens (tertiary/aromatic N) is 1. The summed E-state index contributed by atoms with van der Waals surface area (Å²) in [5.41, 5.74) is -0.265. The molecule has 0 radical (unpaired) electrons. The smallest absolute Gasteiger partial charge is 0.271 e. The Hall–Kier alpha value is -1.56. The summed E-state index contributed by atoms with van der Waals surface area (Å²) < 4.78 is 38.4. The summed E-state index contributed by atoms with van der Waals surface area (Å²) in [5, 5.41) is 1.01. The first kappa shape index (κ1) is 10.9. The van der Waals surface area contributed by atoms with Gasteiger partial charge in [-0.3, -0.25) is 9.63 Å². The summed E-state index contributed by atoms with van der Waals surface area (Å²) in [5.74, 6) is -5.03. The molecule has 1 amide bonds. The van der Waals surface area contributed by atoms with Crippen molar-refractivity contribution in [3.63, 3.8) is 0 Å². The zero-order valence-corrected chi connectivity index (χ0v) is 8.17. The molecule has 1 fully saturated rings. The van der Waals surface area contributed by atoms with Crippen molar-refractivity contribution in [1.29, 1.82) is 0 Å². The Balaban J connectivity index is 2.29. The molecule has 1 aliphatic heterocycles. The predicted molar refractivity (Wildman–Crippen MR) is 47.9 cm³/mol. The van der Waals surface area contributed by atoms with E-state index in [1.54, 1.807) is 0 Å². The molecule has 0 aliphatic carbocycles. The van der Waals surface area contributed by atoms with Gasteiger partial charge >= 0.3 is 0 Å². The highest BCUT2D eigenvalue weighted by Crippen LogP contribution is 2.17. The van der Waals surface area contributed by atoms with E-state index in [0.717, 1.165) is 5.06 Å². The molecule has 1 aromatic carbocycles. The second kappa shape index (κ2) is 4.13. The number of rotatable bonds is 1. The van der Waals surface area contributed by atoms with Crippen LogP contribution in [0.2, 0.25) is 0 Å². The van der Waals surface area contributed by atoms with Crippen LogP contribution in [0.1, 0.15) is 16.8 Å². The molecule has 0 bridgehead atoms. The molecule has 3 nitrogen and oxygen atoms in total. The van der Waals surface area contributed by atoms with Crippen molar-refractivity contribution in [2.75, 3.05) is 13.2 Å². The first-order chi connectivity index (χ1) is 7.59. The largest absolute Gasteiger partial charge is 0.277 e. The van der Waals surface area contributed by atoms with E-state index in [2.05, 4.69) is 0 Å². The van der Waals surface area contributed by atoms with Gasteiger partial charge in [0.15, 0.2) is 17.5 Å². The molecule has 0 spiro atoms. The average molecular weight is 231 g/mol. The lowest BCUT2D eigenvalue weighted by molar-refractivity contribution is -0.0768. The third-order valence-electron chi connectivity index (χ3n) is 2.21. The minimum atomic E-state index is -1.58. The Kier molecular flexibility index (Phi) is 2.82. The van der Waals surface area contributed by atoms with Crippen molar-refractivity contribution in [3.8, 4) is 0 Å². The molecule has 6 heteroatoms. The Bertz CT molecular complexity index is 407. The Morgan fingerprint density at radius 1 is 1.25 bits per heavy atom. The fourth-order valence-corrected chi connectivity index (χ4v) is 1.43. The summed E-state index contributed by atoms with van der Waals surface area (Å²) in [6.07, 6.45) is 0.665. The van der Waals surface area contributed by atoms with Gasteiger partial charge in [-0.25, -0.2) is 18.2 Å². The summed E-state index contributed by atoms with van der Waals surface area (Å²) in [7, 11) is 0. The quantitative estimate of drug-likeness (QED) is 0.690. The van der Waals surface area contributed by atoms with E-state index in [4.69, 9.17) is 4.84 Å². The number of carbonyl (C=O) groups excluding carboxylic acids is 1. The maximum atomic E-state index is 12.9. The maximum absolute atomic E-state index is 12.9. The number of benzene rings is 1. The van der Waals surface area contributed by atoms with Crippen molar-refractivity contribution >= 4 is 5.91 Å². The SMILES string of the molecule is O=C(c1cc(F)c(F)c(F)c1)N1CCCO1. The third kappa shape index (κ3) is 1.88. The molecule has 1 aliphatic rings. The summed E-state index contributed by atoms with van der Waals surface area (Å²) in [4.78, 5) is 16.5. The Labute approximate surface area is 89.4 Å². The van der Waals surface area contributed by atoms with Crippen molar-refractivity contribution in [2.45, 2.75) is 6.42 Å². The standard InChI is InChI=1S/C10H8F3NO2/c11-7-4-6(5-8(12)9(7)13)10(15)14-2-1-3-16-14/h4-5H,1-3H2. The van der Waals surface area contributed by atoms with Gasteiger partial charge in [0.1, 0.15) is 0 Å². The molecule has 0 unspecified atom stereocenters. The second-order valence-electron chi connectivity index (χ2n) is 3.35. The molecule has 1 heterocycles. The highest BCUT2D eigenvalue weighted by molar-refractivity contribution is 5.93. The van der Waals surface area contributed by atoms with Crippen LogP contribution in [0.15, 0.2) is 12.1 Å². The van der Waals surface area contributed by atoms with Gasteiger partial charge in [-0.1, -0.05) is 0 Å². The number of carbonyl (C=O) groups is 1. The van der Waals surface area contributed by atoms with Crippen LogP contribution in [-0.4, -0.2) is 24.1 Å².